The zero-order chi connectivity index (χ0) is 36.8. The van der Waals surface area contributed by atoms with Gasteiger partial charge < -0.3 is 25.8 Å². The molecule has 0 bridgehead atoms. The number of pyridine rings is 1. The van der Waals surface area contributed by atoms with Crippen LogP contribution in [0.4, 0.5) is 33.6 Å². The maximum atomic E-state index is 13.8. The third-order valence-corrected chi connectivity index (χ3v) is 10.6. The first-order valence-corrected chi connectivity index (χ1v) is 17.6. The second-order valence-electron chi connectivity index (χ2n) is 12.7. The number of nitrogens with zero attached hydrogens (tertiary/aromatic N) is 2. The summed E-state index contributed by atoms with van der Waals surface area (Å²) in [5.41, 5.74) is -0.406. The number of aliphatic hydroxyl groups is 1. The van der Waals surface area contributed by atoms with Gasteiger partial charge in [-0.3, -0.25) is 9.10 Å². The van der Waals surface area contributed by atoms with Crippen molar-refractivity contribution in [3.63, 3.8) is 0 Å². The van der Waals surface area contributed by atoms with E-state index in [1.807, 2.05) is 0 Å². The predicted molar refractivity (Wildman–Crippen MR) is 179 cm³/mol. The second-order valence-corrected chi connectivity index (χ2v) is 15.3. The molecule has 1 heterocycles. The van der Waals surface area contributed by atoms with Gasteiger partial charge in [0.1, 0.15) is 35.6 Å². The van der Waals surface area contributed by atoms with Crippen molar-refractivity contribution in [1.29, 1.82) is 0 Å². The standard InChI is InChI=1S/C34H42F5N5O5S/c1-20(2)50(47,48)44(4)32-13-23(12-31(43-32)41-18-24-10-21(24)3)33(46)42-29(19-49-28-15-26(35)14-27(36)16-28)30(45)8-9-40-17-22-6-5-7-25(11-22)34(37,38)39/h5-7,11-16,20-21,24,29-30,40,45H,8-10,17-19H2,1-4H3,(H,41,43)(H,42,46)/t21-,24?,29-,30-/m0/s1. The van der Waals surface area contributed by atoms with Gasteiger partial charge in [0.2, 0.25) is 10.0 Å². The topological polar surface area (TPSA) is 133 Å². The first kappa shape index (κ1) is 38.8. The Kier molecular flexibility index (Phi) is 12.7. The molecule has 1 aromatic heterocycles. The number of nitrogens with one attached hydrogen (secondary N) is 3. The largest absolute Gasteiger partial charge is 0.491 e. The van der Waals surface area contributed by atoms with E-state index >= 15 is 0 Å². The number of carbonyl (C=O) groups is 1. The molecule has 1 amide bonds. The van der Waals surface area contributed by atoms with E-state index in [0.29, 0.717) is 30.0 Å². The average Bonchev–Trinajstić information content (AvgIpc) is 3.77. The lowest BCUT2D eigenvalue weighted by Crippen LogP contribution is -2.48. The summed E-state index contributed by atoms with van der Waals surface area (Å²) < 4.78 is 99.4. The molecule has 4 N–H and O–H groups in total. The highest BCUT2D eigenvalue weighted by Crippen LogP contribution is 2.37. The Hall–Kier alpha value is -4.02. The Morgan fingerprint density at radius 3 is 2.40 bits per heavy atom. The van der Waals surface area contributed by atoms with Crippen LogP contribution in [0.15, 0.2) is 54.6 Å². The van der Waals surface area contributed by atoms with Gasteiger partial charge in [-0.25, -0.2) is 22.2 Å². The zero-order valence-electron chi connectivity index (χ0n) is 28.1. The van der Waals surface area contributed by atoms with E-state index in [2.05, 4.69) is 27.9 Å². The van der Waals surface area contributed by atoms with Crippen LogP contribution in [-0.4, -0.2) is 68.6 Å². The third kappa shape index (κ3) is 10.7. The summed E-state index contributed by atoms with van der Waals surface area (Å²) >= 11 is 0. The van der Waals surface area contributed by atoms with Crippen molar-refractivity contribution >= 4 is 27.6 Å². The fourth-order valence-electron chi connectivity index (χ4n) is 5.10. The van der Waals surface area contributed by atoms with E-state index in [0.717, 1.165) is 35.0 Å². The van der Waals surface area contributed by atoms with Crippen molar-refractivity contribution in [2.24, 2.45) is 11.8 Å². The number of aromatic nitrogens is 1. The molecule has 0 aliphatic heterocycles. The average molecular weight is 728 g/mol. The number of rotatable bonds is 17. The van der Waals surface area contributed by atoms with Gasteiger partial charge in [0.25, 0.3) is 5.91 Å². The number of halogens is 5. The third-order valence-electron chi connectivity index (χ3n) is 8.44. The quantitative estimate of drug-likeness (QED) is 0.108. The molecule has 1 saturated carbocycles. The lowest BCUT2D eigenvalue weighted by atomic mass is 10.1. The molecule has 1 fully saturated rings. The van der Waals surface area contributed by atoms with Crippen molar-refractivity contribution in [1.82, 2.24) is 15.6 Å². The molecule has 1 unspecified atom stereocenters. The van der Waals surface area contributed by atoms with Crippen LogP contribution in [0.3, 0.4) is 0 Å². The maximum Gasteiger partial charge on any atom is 0.416 e. The van der Waals surface area contributed by atoms with Crippen molar-refractivity contribution in [2.75, 3.05) is 36.4 Å². The summed E-state index contributed by atoms with van der Waals surface area (Å²) in [5.74, 6) is -1.53. The first-order valence-electron chi connectivity index (χ1n) is 16.1. The maximum absolute atomic E-state index is 13.8. The molecule has 0 spiro atoms. The number of benzene rings is 2. The predicted octanol–water partition coefficient (Wildman–Crippen LogP) is 5.34. The van der Waals surface area contributed by atoms with Crippen LogP contribution in [0.2, 0.25) is 0 Å². The molecule has 4 atom stereocenters. The Labute approximate surface area is 288 Å². The monoisotopic (exact) mass is 727 g/mol. The molecular formula is C34H42F5N5O5S. The molecule has 50 heavy (non-hydrogen) atoms. The number of alkyl halides is 3. The summed E-state index contributed by atoms with van der Waals surface area (Å²) in [4.78, 5) is 18.1. The Morgan fingerprint density at radius 1 is 1.10 bits per heavy atom. The van der Waals surface area contributed by atoms with Crippen molar-refractivity contribution < 1.29 is 45.0 Å². The van der Waals surface area contributed by atoms with E-state index in [1.54, 1.807) is 0 Å². The minimum atomic E-state index is -4.50. The van der Waals surface area contributed by atoms with Gasteiger partial charge in [0.05, 0.1) is 23.0 Å². The molecule has 3 aromatic rings. The van der Waals surface area contributed by atoms with Crippen LogP contribution >= 0.6 is 0 Å². The second kappa shape index (κ2) is 16.3. The summed E-state index contributed by atoms with van der Waals surface area (Å²) in [6, 6.07) is 8.91. The van der Waals surface area contributed by atoms with Gasteiger partial charge >= 0.3 is 6.18 Å². The highest BCUT2D eigenvalue weighted by atomic mass is 32.2. The van der Waals surface area contributed by atoms with Gasteiger partial charge in [0, 0.05) is 43.9 Å². The van der Waals surface area contributed by atoms with E-state index in [1.165, 1.54) is 45.2 Å². The minimum Gasteiger partial charge on any atom is -0.491 e. The van der Waals surface area contributed by atoms with E-state index in [4.69, 9.17) is 4.74 Å². The molecule has 274 valence electrons. The summed E-state index contributed by atoms with van der Waals surface area (Å²) in [5, 5.41) is 19.2. The van der Waals surface area contributed by atoms with Crippen LogP contribution in [0.1, 0.15) is 55.1 Å². The summed E-state index contributed by atoms with van der Waals surface area (Å²) in [7, 11) is -2.48. The SMILES string of the molecule is CC(C)S(=O)(=O)N(C)c1cc(C(=O)N[C@@H](COc2cc(F)cc(F)c2)[C@@H](O)CCNCc2cccc(C(F)(F)F)c2)cc(NCC2C[C@@H]2C)n1. The van der Waals surface area contributed by atoms with Crippen molar-refractivity contribution in [3.8, 4) is 5.75 Å². The van der Waals surface area contributed by atoms with Gasteiger partial charge in [-0.2, -0.15) is 13.2 Å². The fourth-order valence-corrected chi connectivity index (χ4v) is 6.09. The molecule has 0 saturated heterocycles. The minimum absolute atomic E-state index is 0.00583. The van der Waals surface area contributed by atoms with Crippen LogP contribution in [0, 0.1) is 23.5 Å². The molecule has 2 aromatic carbocycles. The van der Waals surface area contributed by atoms with E-state index in [-0.39, 0.29) is 42.5 Å². The number of amides is 1. The van der Waals surface area contributed by atoms with Gasteiger partial charge in [-0.1, -0.05) is 25.1 Å². The molecule has 10 nitrogen and oxygen atoms in total. The Balaban J connectivity index is 1.52. The molecule has 0 radical (unpaired) electrons. The smallest absolute Gasteiger partial charge is 0.416 e. The van der Waals surface area contributed by atoms with Gasteiger partial charge in [-0.15, -0.1) is 0 Å². The lowest BCUT2D eigenvalue weighted by molar-refractivity contribution is -0.137. The zero-order valence-corrected chi connectivity index (χ0v) is 28.9. The normalized spacial score (nSPS) is 17.3. The number of hydrogen-bond donors (Lipinski definition) is 4. The molecule has 1 aliphatic carbocycles. The molecular weight excluding hydrogens is 685 g/mol. The Morgan fingerprint density at radius 2 is 1.78 bits per heavy atom. The molecule has 16 heteroatoms. The summed E-state index contributed by atoms with van der Waals surface area (Å²) in [6.07, 6.45) is -4.78. The van der Waals surface area contributed by atoms with Crippen LogP contribution in [-0.2, 0) is 22.7 Å². The van der Waals surface area contributed by atoms with Crippen LogP contribution in [0.5, 0.6) is 5.75 Å². The number of hydrogen-bond acceptors (Lipinski definition) is 8. The number of aliphatic hydroxyl groups excluding tert-OH is 1. The lowest BCUT2D eigenvalue weighted by Gasteiger charge is -2.25. The number of sulfonamides is 1. The number of anilines is 2. The molecule has 4 rings (SSSR count). The fraction of sp³-hybridized carbons (Fsp3) is 0.471. The number of carbonyl (C=O) groups excluding carboxylic acids is 1. The van der Waals surface area contributed by atoms with Crippen molar-refractivity contribution in [3.05, 3.63) is 82.9 Å². The van der Waals surface area contributed by atoms with Crippen LogP contribution < -0.4 is 25.0 Å². The first-order chi connectivity index (χ1) is 23.4. The highest BCUT2D eigenvalue weighted by molar-refractivity contribution is 7.93. The number of ether oxygens (including phenoxy) is 1. The highest BCUT2D eigenvalue weighted by Gasteiger charge is 2.33. The summed E-state index contributed by atoms with van der Waals surface area (Å²) in [6.45, 7) is 5.45. The molecule has 1 aliphatic rings. The Bertz CT molecular complexity index is 1720. The van der Waals surface area contributed by atoms with E-state index < -0.39 is 63.3 Å². The van der Waals surface area contributed by atoms with Gasteiger partial charge in [-0.05, 0) is 68.8 Å². The van der Waals surface area contributed by atoms with Gasteiger partial charge in [0.15, 0.2) is 0 Å². The van der Waals surface area contributed by atoms with Crippen molar-refractivity contribution in [2.45, 2.75) is 63.7 Å². The van der Waals surface area contributed by atoms with Crippen LogP contribution in [0.25, 0.3) is 0 Å². The van der Waals surface area contributed by atoms with E-state index in [9.17, 15) is 40.3 Å².